The van der Waals surface area contributed by atoms with E-state index in [4.69, 9.17) is 10.3 Å². The van der Waals surface area contributed by atoms with E-state index in [2.05, 4.69) is 30.9 Å². The van der Waals surface area contributed by atoms with Crippen molar-refractivity contribution in [3.8, 4) is 0 Å². The highest BCUT2D eigenvalue weighted by molar-refractivity contribution is 4.92. The second kappa shape index (κ2) is 5.85. The number of hydrogen-bond acceptors (Lipinski definition) is 4. The first-order valence-corrected chi connectivity index (χ1v) is 5.71. The first-order valence-electron chi connectivity index (χ1n) is 5.71. The number of rotatable bonds is 6. The number of nitrogens with zero attached hydrogens (tertiary/aromatic N) is 2. The van der Waals surface area contributed by atoms with E-state index in [1.807, 2.05) is 0 Å². The fourth-order valence-electron chi connectivity index (χ4n) is 1.41. The van der Waals surface area contributed by atoms with Crippen molar-refractivity contribution in [2.45, 2.75) is 52.5 Å². The van der Waals surface area contributed by atoms with Crippen LogP contribution in [0.5, 0.6) is 0 Å². The highest BCUT2D eigenvalue weighted by atomic mass is 16.5. The van der Waals surface area contributed by atoms with Crippen LogP contribution in [0.2, 0.25) is 0 Å². The van der Waals surface area contributed by atoms with E-state index in [1.165, 1.54) is 0 Å². The van der Waals surface area contributed by atoms with Gasteiger partial charge in [-0.1, -0.05) is 38.8 Å². The Hall–Kier alpha value is -0.900. The zero-order chi connectivity index (χ0) is 11.3. The SMILES string of the molecule is CCCCC(N)c1nc(CC(C)C)no1. The van der Waals surface area contributed by atoms with Crippen LogP contribution >= 0.6 is 0 Å². The molecule has 0 fully saturated rings. The maximum atomic E-state index is 5.93. The van der Waals surface area contributed by atoms with Crippen LogP contribution in [-0.2, 0) is 6.42 Å². The third kappa shape index (κ3) is 4.00. The summed E-state index contributed by atoms with van der Waals surface area (Å²) in [6, 6.07) is -0.0987. The first kappa shape index (κ1) is 12.2. The topological polar surface area (TPSA) is 64.9 Å². The predicted octanol–water partition coefficient (Wildman–Crippen LogP) is 2.46. The summed E-state index contributed by atoms with van der Waals surface area (Å²) >= 11 is 0. The summed E-state index contributed by atoms with van der Waals surface area (Å²) in [5.41, 5.74) is 5.93. The zero-order valence-electron chi connectivity index (χ0n) is 9.86. The summed E-state index contributed by atoms with van der Waals surface area (Å²) in [5.74, 6) is 1.90. The number of aromatic nitrogens is 2. The molecule has 1 aromatic heterocycles. The van der Waals surface area contributed by atoms with Gasteiger partial charge in [0.15, 0.2) is 5.82 Å². The van der Waals surface area contributed by atoms with Crippen molar-refractivity contribution < 1.29 is 4.52 Å². The molecule has 4 nitrogen and oxygen atoms in total. The molecule has 0 amide bonds. The standard InChI is InChI=1S/C11H21N3O/c1-4-5-6-9(12)11-13-10(14-15-11)7-8(2)3/h8-9H,4-7,12H2,1-3H3. The van der Waals surface area contributed by atoms with Gasteiger partial charge in [-0.2, -0.15) is 4.98 Å². The van der Waals surface area contributed by atoms with Crippen molar-refractivity contribution in [3.63, 3.8) is 0 Å². The Morgan fingerprint density at radius 2 is 2.13 bits per heavy atom. The van der Waals surface area contributed by atoms with Gasteiger partial charge in [0.05, 0.1) is 6.04 Å². The molecule has 1 atom stereocenters. The minimum absolute atomic E-state index is 0.0987. The van der Waals surface area contributed by atoms with Crippen LogP contribution in [0.3, 0.4) is 0 Å². The molecule has 0 radical (unpaired) electrons. The van der Waals surface area contributed by atoms with Crippen molar-refractivity contribution >= 4 is 0 Å². The summed E-state index contributed by atoms with van der Waals surface area (Å²) < 4.78 is 5.14. The summed E-state index contributed by atoms with van der Waals surface area (Å²) in [6.07, 6.45) is 4.01. The summed E-state index contributed by atoms with van der Waals surface area (Å²) in [6.45, 7) is 6.41. The molecule has 86 valence electrons. The van der Waals surface area contributed by atoms with Crippen LogP contribution < -0.4 is 5.73 Å². The van der Waals surface area contributed by atoms with Crippen molar-refractivity contribution in [1.82, 2.24) is 10.1 Å². The lowest BCUT2D eigenvalue weighted by molar-refractivity contribution is 0.341. The molecule has 0 spiro atoms. The van der Waals surface area contributed by atoms with Gasteiger partial charge < -0.3 is 10.3 Å². The molecule has 4 heteroatoms. The molecule has 1 unspecified atom stereocenters. The molecular formula is C11H21N3O. The quantitative estimate of drug-likeness (QED) is 0.785. The third-order valence-electron chi connectivity index (χ3n) is 2.26. The lowest BCUT2D eigenvalue weighted by Crippen LogP contribution is -2.10. The lowest BCUT2D eigenvalue weighted by Gasteiger charge is -2.03. The Balaban J connectivity index is 2.51. The summed E-state index contributed by atoms with van der Waals surface area (Å²) in [7, 11) is 0. The maximum absolute atomic E-state index is 5.93. The van der Waals surface area contributed by atoms with Gasteiger partial charge in [-0.05, 0) is 12.3 Å². The number of unbranched alkanes of at least 4 members (excludes halogenated alkanes) is 1. The van der Waals surface area contributed by atoms with E-state index >= 15 is 0 Å². The van der Waals surface area contributed by atoms with Crippen molar-refractivity contribution in [3.05, 3.63) is 11.7 Å². The highest BCUT2D eigenvalue weighted by Crippen LogP contribution is 2.15. The van der Waals surface area contributed by atoms with E-state index < -0.39 is 0 Å². The molecule has 15 heavy (non-hydrogen) atoms. The van der Waals surface area contributed by atoms with Gasteiger partial charge in [0.25, 0.3) is 0 Å². The lowest BCUT2D eigenvalue weighted by atomic mass is 10.1. The van der Waals surface area contributed by atoms with Gasteiger partial charge >= 0.3 is 0 Å². The van der Waals surface area contributed by atoms with Crippen LogP contribution in [0.4, 0.5) is 0 Å². The second-order valence-corrected chi connectivity index (χ2v) is 4.40. The minimum atomic E-state index is -0.0987. The molecule has 0 aliphatic heterocycles. The average Bonchev–Trinajstić information content (AvgIpc) is 2.61. The van der Waals surface area contributed by atoms with E-state index in [0.29, 0.717) is 11.8 Å². The van der Waals surface area contributed by atoms with Crippen molar-refractivity contribution in [2.75, 3.05) is 0 Å². The molecule has 0 aliphatic carbocycles. The van der Waals surface area contributed by atoms with Gasteiger partial charge in [0.2, 0.25) is 5.89 Å². The fraction of sp³-hybridized carbons (Fsp3) is 0.818. The Morgan fingerprint density at radius 3 is 2.73 bits per heavy atom. The molecule has 2 N–H and O–H groups in total. The van der Waals surface area contributed by atoms with Gasteiger partial charge in [-0.3, -0.25) is 0 Å². The Morgan fingerprint density at radius 1 is 1.40 bits per heavy atom. The molecule has 1 aromatic rings. The van der Waals surface area contributed by atoms with E-state index in [-0.39, 0.29) is 6.04 Å². The third-order valence-corrected chi connectivity index (χ3v) is 2.26. The smallest absolute Gasteiger partial charge is 0.243 e. The first-order chi connectivity index (χ1) is 7.13. The normalized spacial score (nSPS) is 13.4. The molecule has 0 aromatic carbocycles. The summed E-state index contributed by atoms with van der Waals surface area (Å²) in [4.78, 5) is 4.30. The molecule has 1 heterocycles. The Kier molecular flexibility index (Phi) is 4.75. The van der Waals surface area contributed by atoms with Gasteiger partial charge in [0.1, 0.15) is 0 Å². The second-order valence-electron chi connectivity index (χ2n) is 4.40. The molecule has 0 saturated carbocycles. The number of hydrogen-bond donors (Lipinski definition) is 1. The van der Waals surface area contributed by atoms with Crippen molar-refractivity contribution in [1.29, 1.82) is 0 Å². The molecule has 0 aliphatic rings. The predicted molar refractivity (Wildman–Crippen MR) is 59.3 cm³/mol. The van der Waals surface area contributed by atoms with Gasteiger partial charge in [-0.25, -0.2) is 0 Å². The van der Waals surface area contributed by atoms with Crippen LogP contribution in [0.1, 0.15) is 57.8 Å². The minimum Gasteiger partial charge on any atom is -0.338 e. The Bertz CT molecular complexity index is 283. The van der Waals surface area contributed by atoms with Crippen LogP contribution in [0.25, 0.3) is 0 Å². The molecule has 0 saturated heterocycles. The van der Waals surface area contributed by atoms with E-state index in [1.54, 1.807) is 0 Å². The maximum Gasteiger partial charge on any atom is 0.243 e. The van der Waals surface area contributed by atoms with Crippen molar-refractivity contribution in [2.24, 2.45) is 11.7 Å². The average molecular weight is 211 g/mol. The fourth-order valence-corrected chi connectivity index (χ4v) is 1.41. The zero-order valence-corrected chi connectivity index (χ0v) is 9.86. The van der Waals surface area contributed by atoms with Crippen LogP contribution in [-0.4, -0.2) is 10.1 Å². The molecule has 0 bridgehead atoms. The highest BCUT2D eigenvalue weighted by Gasteiger charge is 2.14. The monoisotopic (exact) mass is 211 g/mol. The molecular weight excluding hydrogens is 190 g/mol. The van der Waals surface area contributed by atoms with Crippen LogP contribution in [0, 0.1) is 5.92 Å². The summed E-state index contributed by atoms with van der Waals surface area (Å²) in [5, 5.41) is 3.92. The van der Waals surface area contributed by atoms with Gasteiger partial charge in [0, 0.05) is 6.42 Å². The molecule has 1 rings (SSSR count). The van der Waals surface area contributed by atoms with E-state index in [0.717, 1.165) is 31.5 Å². The van der Waals surface area contributed by atoms with Gasteiger partial charge in [-0.15, -0.1) is 0 Å². The van der Waals surface area contributed by atoms with Crippen LogP contribution in [0.15, 0.2) is 4.52 Å². The van der Waals surface area contributed by atoms with E-state index in [9.17, 15) is 0 Å². The largest absolute Gasteiger partial charge is 0.338 e. The number of nitrogens with two attached hydrogens (primary N) is 1. The Labute approximate surface area is 91.2 Å².